The third-order valence-corrected chi connectivity index (χ3v) is 6.35. The zero-order chi connectivity index (χ0) is 25.4. The van der Waals surface area contributed by atoms with Gasteiger partial charge in [0.25, 0.3) is 0 Å². The maximum atomic E-state index is 13.8. The molecule has 0 N–H and O–H groups in total. The van der Waals surface area contributed by atoms with E-state index in [1.54, 1.807) is 36.9 Å². The van der Waals surface area contributed by atoms with E-state index in [4.69, 9.17) is 11.4 Å². The largest absolute Gasteiger partial charge is 0.457 e. The van der Waals surface area contributed by atoms with Crippen LogP contribution in [0.2, 0.25) is 0 Å². The first kappa shape index (κ1) is 25.5. The molecule has 0 aliphatic carbocycles. The molecule has 0 radical (unpaired) electrons. The fraction of sp³-hybridized carbons (Fsp3) is 0.348. The number of hydrogen-bond acceptors (Lipinski definition) is 4. The number of halogens is 5. The van der Waals surface area contributed by atoms with Crippen LogP contribution in [0.1, 0.15) is 30.8 Å². The topological polar surface area (TPSA) is 48.5 Å². The van der Waals surface area contributed by atoms with Crippen LogP contribution in [0.4, 0.5) is 22.0 Å². The molecule has 5 nitrogen and oxygen atoms in total. The van der Waals surface area contributed by atoms with Crippen molar-refractivity contribution in [2.45, 2.75) is 37.9 Å². The predicted octanol–water partition coefficient (Wildman–Crippen LogP) is 5.89. The van der Waals surface area contributed by atoms with E-state index in [1.807, 2.05) is 18.5 Å². The second-order valence-corrected chi connectivity index (χ2v) is 8.77. The summed E-state index contributed by atoms with van der Waals surface area (Å²) in [7, 11) is 3.46. The third kappa shape index (κ3) is 4.46. The van der Waals surface area contributed by atoms with E-state index in [-0.39, 0.29) is 5.69 Å². The molecule has 0 bridgehead atoms. The number of terminal acetylenes is 1. The van der Waals surface area contributed by atoms with Crippen molar-refractivity contribution in [1.29, 1.82) is 0 Å². The first-order chi connectivity index (χ1) is 15.8. The van der Waals surface area contributed by atoms with Gasteiger partial charge in [0.15, 0.2) is 11.6 Å². The lowest BCUT2D eigenvalue weighted by molar-refractivity contribution is -0.263. The van der Waals surface area contributed by atoms with E-state index in [9.17, 15) is 22.0 Å². The van der Waals surface area contributed by atoms with E-state index in [2.05, 4.69) is 15.9 Å². The maximum Gasteiger partial charge on any atom is 0.457 e. The molecule has 0 atom stereocenters. The monoisotopic (exact) mass is 495 g/mol. The lowest BCUT2D eigenvalue weighted by Crippen LogP contribution is -2.37. The van der Waals surface area contributed by atoms with Gasteiger partial charge in [-0.2, -0.15) is 22.0 Å². The number of imidazole rings is 2. The quantitative estimate of drug-likeness (QED) is 0.243. The molecule has 3 aromatic rings. The molecule has 0 saturated heterocycles. The van der Waals surface area contributed by atoms with Gasteiger partial charge in [-0.1, -0.05) is 12.8 Å². The Morgan fingerprint density at radius 2 is 1.79 bits per heavy atom. The number of pyridine rings is 1. The van der Waals surface area contributed by atoms with Gasteiger partial charge in [-0.25, -0.2) is 9.97 Å². The molecule has 0 saturated carbocycles. The second-order valence-electron chi connectivity index (χ2n) is 7.52. The minimum absolute atomic E-state index is 0.00933. The van der Waals surface area contributed by atoms with Crippen LogP contribution in [0, 0.1) is 19.3 Å². The van der Waals surface area contributed by atoms with Crippen LogP contribution in [-0.2, 0) is 14.1 Å². The summed E-state index contributed by atoms with van der Waals surface area (Å²) in [5.41, 5.74) is 0.938. The third-order valence-electron chi connectivity index (χ3n) is 5.32. The average Bonchev–Trinajstić information content (AvgIpc) is 3.24. The number of alkyl halides is 5. The number of allylic oxidation sites excluding steroid dienone is 1. The summed E-state index contributed by atoms with van der Waals surface area (Å²) in [6.07, 6.45) is 2.01. The molecule has 0 aliphatic heterocycles. The number of rotatable bonds is 6. The summed E-state index contributed by atoms with van der Waals surface area (Å²) in [5.74, 6) is -0.882. The highest BCUT2D eigenvalue weighted by molar-refractivity contribution is 7.99. The summed E-state index contributed by atoms with van der Waals surface area (Å²) in [6, 6.07) is 3.48. The first-order valence-corrected chi connectivity index (χ1v) is 11.1. The Morgan fingerprint density at radius 1 is 1.12 bits per heavy atom. The van der Waals surface area contributed by atoms with E-state index in [1.165, 1.54) is 11.8 Å². The van der Waals surface area contributed by atoms with Gasteiger partial charge in [0.05, 0.1) is 5.69 Å². The summed E-state index contributed by atoms with van der Waals surface area (Å²) in [6.45, 7) is 4.30. The van der Waals surface area contributed by atoms with Gasteiger partial charge in [0, 0.05) is 37.1 Å². The number of hydrogen-bond donors (Lipinski definition) is 0. The molecule has 0 spiro atoms. The van der Waals surface area contributed by atoms with Crippen molar-refractivity contribution in [3.05, 3.63) is 40.9 Å². The van der Waals surface area contributed by atoms with Crippen molar-refractivity contribution in [2.24, 2.45) is 14.1 Å². The second kappa shape index (κ2) is 9.25. The van der Waals surface area contributed by atoms with Crippen molar-refractivity contribution < 1.29 is 22.0 Å². The van der Waals surface area contributed by atoms with Crippen LogP contribution in [0.5, 0.6) is 0 Å². The van der Waals surface area contributed by atoms with Crippen LogP contribution in [0.15, 0.2) is 28.9 Å². The summed E-state index contributed by atoms with van der Waals surface area (Å²) >= 11 is 1.49. The minimum atomic E-state index is -5.69. The van der Waals surface area contributed by atoms with Crippen molar-refractivity contribution in [2.75, 3.05) is 5.75 Å². The molecule has 0 aromatic carbocycles. The van der Waals surface area contributed by atoms with Gasteiger partial charge in [-0.3, -0.25) is 4.98 Å². The Balaban J connectivity index is 2.15. The summed E-state index contributed by atoms with van der Waals surface area (Å²) in [5, 5.41) is 0.751. The molecule has 0 fully saturated rings. The van der Waals surface area contributed by atoms with E-state index >= 15 is 0 Å². The SMILES string of the molecule is C#Cc1ccc(-c2nc(-c3nc(/C=C(\C)C(F)(F)C(F)(F)F)c(C)n3C)c(SCC)n2C)nc1. The molecular formula is C23H22F5N5S. The van der Waals surface area contributed by atoms with Crippen LogP contribution in [0.3, 0.4) is 0 Å². The van der Waals surface area contributed by atoms with E-state index in [0.717, 1.165) is 18.0 Å². The van der Waals surface area contributed by atoms with Crippen molar-refractivity contribution >= 4 is 17.8 Å². The van der Waals surface area contributed by atoms with Gasteiger partial charge >= 0.3 is 12.1 Å². The lowest BCUT2D eigenvalue weighted by atomic mass is 10.1. The number of nitrogens with zero attached hydrogens (tertiary/aromatic N) is 5. The fourth-order valence-electron chi connectivity index (χ4n) is 3.24. The van der Waals surface area contributed by atoms with Crippen LogP contribution < -0.4 is 0 Å². The zero-order valence-corrected chi connectivity index (χ0v) is 19.9. The molecule has 0 unspecified atom stereocenters. The lowest BCUT2D eigenvalue weighted by Gasteiger charge is -2.20. The van der Waals surface area contributed by atoms with E-state index < -0.39 is 17.7 Å². The van der Waals surface area contributed by atoms with E-state index in [0.29, 0.717) is 40.0 Å². The van der Waals surface area contributed by atoms with Gasteiger partial charge in [-0.15, -0.1) is 18.2 Å². The smallest absolute Gasteiger partial charge is 0.329 e. The summed E-state index contributed by atoms with van der Waals surface area (Å²) in [4.78, 5) is 13.4. The highest BCUT2D eigenvalue weighted by Gasteiger charge is 2.58. The van der Waals surface area contributed by atoms with Gasteiger partial charge in [0.2, 0.25) is 0 Å². The van der Waals surface area contributed by atoms with Gasteiger partial charge in [0.1, 0.15) is 16.4 Å². The molecule has 180 valence electrons. The van der Waals surface area contributed by atoms with Gasteiger partial charge in [-0.05, 0) is 37.8 Å². The highest BCUT2D eigenvalue weighted by Crippen LogP contribution is 2.42. The van der Waals surface area contributed by atoms with Crippen molar-refractivity contribution in [3.63, 3.8) is 0 Å². The highest BCUT2D eigenvalue weighted by atomic mass is 32.2. The normalized spacial score (nSPS) is 12.8. The van der Waals surface area contributed by atoms with Crippen molar-refractivity contribution in [1.82, 2.24) is 24.1 Å². The Morgan fingerprint density at radius 3 is 2.32 bits per heavy atom. The Bertz CT molecular complexity index is 1280. The molecule has 3 heterocycles. The number of aromatic nitrogens is 5. The first-order valence-electron chi connectivity index (χ1n) is 10.1. The standard InChI is InChI=1S/C23H22F5N5S/c1-7-15-9-10-16(29-12-15)19-31-18(21(33(19)6)34-8-2)20-30-17(14(4)32(20)5)11-13(3)22(24,25)23(26,27)28/h1,9-12H,8H2,2-6H3/b13-11+. The maximum absolute atomic E-state index is 13.8. The Labute approximate surface area is 198 Å². The minimum Gasteiger partial charge on any atom is -0.329 e. The summed E-state index contributed by atoms with van der Waals surface area (Å²) < 4.78 is 69.3. The molecule has 0 amide bonds. The Kier molecular flexibility index (Phi) is 6.94. The van der Waals surface area contributed by atoms with Crippen LogP contribution >= 0.6 is 11.8 Å². The molecule has 0 aliphatic rings. The molecule has 3 rings (SSSR count). The molecule has 34 heavy (non-hydrogen) atoms. The molecular weight excluding hydrogens is 473 g/mol. The van der Waals surface area contributed by atoms with Crippen LogP contribution in [0.25, 0.3) is 29.1 Å². The van der Waals surface area contributed by atoms with Crippen LogP contribution in [-0.4, -0.2) is 41.9 Å². The number of thioether (sulfide) groups is 1. The molecule has 11 heteroatoms. The fourth-order valence-corrected chi connectivity index (χ4v) is 4.07. The van der Waals surface area contributed by atoms with Gasteiger partial charge < -0.3 is 9.13 Å². The average molecular weight is 496 g/mol. The predicted molar refractivity (Wildman–Crippen MR) is 122 cm³/mol. The zero-order valence-electron chi connectivity index (χ0n) is 19.1. The Hall–Kier alpha value is -3.13. The van der Waals surface area contributed by atoms with Crippen molar-refractivity contribution in [3.8, 4) is 35.4 Å². The molecule has 3 aromatic heterocycles.